The summed E-state index contributed by atoms with van der Waals surface area (Å²) in [5, 5.41) is 9.37. The highest BCUT2D eigenvalue weighted by molar-refractivity contribution is 4.81. The molecule has 2 heteroatoms. The third-order valence-corrected chi connectivity index (χ3v) is 2.67. The first-order valence-electron chi connectivity index (χ1n) is 4.67. The van der Waals surface area contributed by atoms with Gasteiger partial charge in [-0.2, -0.15) is 0 Å². The summed E-state index contributed by atoms with van der Waals surface area (Å²) in [6, 6.07) is 0.346. The van der Waals surface area contributed by atoms with Crippen LogP contribution in [0.4, 0.5) is 0 Å². The Kier molecular flexibility index (Phi) is 3.34. The van der Waals surface area contributed by atoms with Gasteiger partial charge in [-0.3, -0.25) is 0 Å². The van der Waals surface area contributed by atoms with Crippen molar-refractivity contribution in [2.45, 2.75) is 51.2 Å². The second kappa shape index (κ2) is 4.07. The summed E-state index contributed by atoms with van der Waals surface area (Å²) < 4.78 is 0. The van der Waals surface area contributed by atoms with Crippen LogP contribution >= 0.6 is 0 Å². The zero-order valence-electron chi connectivity index (χ0n) is 7.29. The molecule has 0 aromatic heterocycles. The molecule has 0 radical (unpaired) electrons. The van der Waals surface area contributed by atoms with E-state index in [9.17, 15) is 5.11 Å². The molecule has 0 amide bonds. The minimum Gasteiger partial charge on any atom is -0.393 e. The maximum atomic E-state index is 9.37. The molecule has 3 N–H and O–H groups in total. The molecule has 11 heavy (non-hydrogen) atoms. The molecule has 1 aliphatic carbocycles. The third-order valence-electron chi connectivity index (χ3n) is 2.67. The first-order valence-corrected chi connectivity index (χ1v) is 4.67. The fraction of sp³-hybridized carbons (Fsp3) is 1.00. The number of aliphatic hydroxyl groups excluding tert-OH is 1. The van der Waals surface area contributed by atoms with Crippen LogP contribution in [0.1, 0.15) is 39.0 Å². The molecular weight excluding hydrogens is 138 g/mol. The van der Waals surface area contributed by atoms with Crippen molar-refractivity contribution < 1.29 is 5.11 Å². The van der Waals surface area contributed by atoms with Crippen molar-refractivity contribution in [1.82, 2.24) is 0 Å². The molecule has 2 nitrogen and oxygen atoms in total. The summed E-state index contributed by atoms with van der Waals surface area (Å²) in [7, 11) is 0. The number of hydrogen-bond donors (Lipinski definition) is 2. The van der Waals surface area contributed by atoms with Gasteiger partial charge in [0, 0.05) is 6.04 Å². The molecule has 0 saturated heterocycles. The van der Waals surface area contributed by atoms with Crippen LogP contribution in [0.5, 0.6) is 0 Å². The fourth-order valence-electron chi connectivity index (χ4n) is 1.97. The molecule has 0 aromatic rings. The Bertz CT molecular complexity index is 116. The topological polar surface area (TPSA) is 46.2 Å². The van der Waals surface area contributed by atoms with Crippen LogP contribution in [-0.2, 0) is 0 Å². The molecule has 1 fully saturated rings. The molecule has 1 saturated carbocycles. The van der Waals surface area contributed by atoms with Crippen LogP contribution in [0.2, 0.25) is 0 Å². The standard InChI is InChI=1S/C9H19NO/c1-2-3-7-6-8(11)4-5-9(7)10/h7-9,11H,2-6,10H2,1H3. The van der Waals surface area contributed by atoms with E-state index in [2.05, 4.69) is 6.92 Å². The van der Waals surface area contributed by atoms with Crippen LogP contribution in [0, 0.1) is 5.92 Å². The number of nitrogens with two attached hydrogens (primary N) is 1. The lowest BCUT2D eigenvalue weighted by molar-refractivity contribution is 0.0871. The average molecular weight is 157 g/mol. The molecule has 1 rings (SSSR count). The zero-order valence-corrected chi connectivity index (χ0v) is 7.29. The zero-order chi connectivity index (χ0) is 8.27. The molecule has 1 aliphatic rings. The Labute approximate surface area is 68.8 Å². The molecule has 0 spiro atoms. The minimum absolute atomic E-state index is 0.0775. The van der Waals surface area contributed by atoms with Gasteiger partial charge in [0.25, 0.3) is 0 Å². The molecule has 0 aromatic carbocycles. The van der Waals surface area contributed by atoms with E-state index in [-0.39, 0.29) is 6.10 Å². The lowest BCUT2D eigenvalue weighted by Gasteiger charge is -2.31. The summed E-state index contributed by atoms with van der Waals surface area (Å²) in [4.78, 5) is 0. The van der Waals surface area contributed by atoms with Crippen LogP contribution in [0.3, 0.4) is 0 Å². The van der Waals surface area contributed by atoms with Crippen LogP contribution < -0.4 is 5.73 Å². The first-order chi connectivity index (χ1) is 5.24. The van der Waals surface area contributed by atoms with E-state index < -0.39 is 0 Å². The van der Waals surface area contributed by atoms with E-state index in [0.29, 0.717) is 12.0 Å². The van der Waals surface area contributed by atoms with Crippen molar-refractivity contribution >= 4 is 0 Å². The van der Waals surface area contributed by atoms with E-state index in [4.69, 9.17) is 5.73 Å². The molecule has 3 atom stereocenters. The normalized spacial score (nSPS) is 39.0. The van der Waals surface area contributed by atoms with Crippen molar-refractivity contribution in [3.05, 3.63) is 0 Å². The summed E-state index contributed by atoms with van der Waals surface area (Å²) in [5.74, 6) is 0.573. The highest BCUT2D eigenvalue weighted by Crippen LogP contribution is 2.26. The monoisotopic (exact) mass is 157 g/mol. The van der Waals surface area contributed by atoms with Crippen molar-refractivity contribution in [3.8, 4) is 0 Å². The van der Waals surface area contributed by atoms with Crippen molar-refractivity contribution in [2.75, 3.05) is 0 Å². The Morgan fingerprint density at radius 3 is 2.82 bits per heavy atom. The lowest BCUT2D eigenvalue weighted by Crippen LogP contribution is -2.37. The van der Waals surface area contributed by atoms with Crippen LogP contribution in [-0.4, -0.2) is 17.3 Å². The van der Waals surface area contributed by atoms with E-state index in [1.54, 1.807) is 0 Å². The number of hydrogen-bond acceptors (Lipinski definition) is 2. The highest BCUT2D eigenvalue weighted by Gasteiger charge is 2.25. The SMILES string of the molecule is CCCC1CC(O)CCC1N. The van der Waals surface area contributed by atoms with Crippen molar-refractivity contribution in [3.63, 3.8) is 0 Å². The quantitative estimate of drug-likeness (QED) is 0.634. The van der Waals surface area contributed by atoms with Gasteiger partial charge < -0.3 is 10.8 Å². The van der Waals surface area contributed by atoms with Crippen LogP contribution in [0.15, 0.2) is 0 Å². The van der Waals surface area contributed by atoms with E-state index in [1.165, 1.54) is 12.8 Å². The van der Waals surface area contributed by atoms with Gasteiger partial charge in [-0.25, -0.2) is 0 Å². The second-order valence-electron chi connectivity index (χ2n) is 3.68. The maximum absolute atomic E-state index is 9.37. The van der Waals surface area contributed by atoms with Gasteiger partial charge in [-0.05, 0) is 31.6 Å². The summed E-state index contributed by atoms with van der Waals surface area (Å²) in [5.41, 5.74) is 5.92. The van der Waals surface area contributed by atoms with E-state index in [1.807, 2.05) is 0 Å². The summed E-state index contributed by atoms with van der Waals surface area (Å²) >= 11 is 0. The largest absolute Gasteiger partial charge is 0.393 e. The predicted octanol–water partition coefficient (Wildman–Crippen LogP) is 1.27. The highest BCUT2D eigenvalue weighted by atomic mass is 16.3. The van der Waals surface area contributed by atoms with Gasteiger partial charge in [0.1, 0.15) is 0 Å². The van der Waals surface area contributed by atoms with Gasteiger partial charge >= 0.3 is 0 Å². The first kappa shape index (κ1) is 9.01. The number of rotatable bonds is 2. The molecule has 0 bridgehead atoms. The summed E-state index contributed by atoms with van der Waals surface area (Å²) in [6.45, 7) is 2.17. The van der Waals surface area contributed by atoms with Crippen LogP contribution in [0.25, 0.3) is 0 Å². The Morgan fingerprint density at radius 1 is 1.45 bits per heavy atom. The third kappa shape index (κ3) is 2.46. The van der Waals surface area contributed by atoms with Crippen molar-refractivity contribution in [1.29, 1.82) is 0 Å². The molecule has 0 heterocycles. The minimum atomic E-state index is -0.0775. The van der Waals surface area contributed by atoms with E-state index in [0.717, 1.165) is 19.3 Å². The molecular formula is C9H19NO. The number of aliphatic hydroxyl groups is 1. The predicted molar refractivity (Wildman–Crippen MR) is 46.2 cm³/mol. The summed E-state index contributed by atoms with van der Waals surface area (Å²) in [6.07, 6.45) is 5.12. The maximum Gasteiger partial charge on any atom is 0.0544 e. The Hall–Kier alpha value is -0.0800. The Morgan fingerprint density at radius 2 is 2.18 bits per heavy atom. The van der Waals surface area contributed by atoms with Crippen molar-refractivity contribution in [2.24, 2.45) is 11.7 Å². The van der Waals surface area contributed by atoms with Gasteiger partial charge in [-0.15, -0.1) is 0 Å². The molecule has 0 aliphatic heterocycles. The van der Waals surface area contributed by atoms with Gasteiger partial charge in [0.15, 0.2) is 0 Å². The second-order valence-corrected chi connectivity index (χ2v) is 3.68. The van der Waals surface area contributed by atoms with Gasteiger partial charge in [-0.1, -0.05) is 13.3 Å². The Balaban J connectivity index is 2.34. The van der Waals surface area contributed by atoms with Gasteiger partial charge in [0.05, 0.1) is 6.10 Å². The molecule has 3 unspecified atom stereocenters. The average Bonchev–Trinajstić information content (AvgIpc) is 1.98. The van der Waals surface area contributed by atoms with E-state index >= 15 is 0 Å². The lowest BCUT2D eigenvalue weighted by atomic mass is 9.81. The fourth-order valence-corrected chi connectivity index (χ4v) is 1.97. The molecule has 66 valence electrons. The smallest absolute Gasteiger partial charge is 0.0544 e. The van der Waals surface area contributed by atoms with Gasteiger partial charge in [0.2, 0.25) is 0 Å².